The second-order valence-corrected chi connectivity index (χ2v) is 8.98. The van der Waals surface area contributed by atoms with E-state index in [0.717, 1.165) is 38.7 Å². The summed E-state index contributed by atoms with van der Waals surface area (Å²) in [6, 6.07) is 9.17. The highest BCUT2D eigenvalue weighted by Gasteiger charge is 2.32. The first-order chi connectivity index (χ1) is 14.9. The summed E-state index contributed by atoms with van der Waals surface area (Å²) in [5.41, 5.74) is 7.64. The number of rotatable bonds is 7. The lowest BCUT2D eigenvalue weighted by molar-refractivity contribution is -0.699. The second kappa shape index (κ2) is 8.96. The fourth-order valence-electron chi connectivity index (χ4n) is 3.19. The Bertz CT molecular complexity index is 1040. The number of benzene rings is 1. The Kier molecular flexibility index (Phi) is 6.12. The molecule has 0 saturated heterocycles. The lowest BCUT2D eigenvalue weighted by atomic mass is 10.1. The van der Waals surface area contributed by atoms with Crippen LogP contribution in [0.5, 0.6) is 0 Å². The highest BCUT2D eigenvalue weighted by molar-refractivity contribution is 7.97. The molecular weight excluding hydrogens is 412 g/mol. The number of aliphatic imine (C=N–C) groups is 1. The minimum atomic E-state index is -0.525. The maximum Gasteiger partial charge on any atom is 0.241 e. The summed E-state index contributed by atoms with van der Waals surface area (Å²) >= 11 is 1.60. The third-order valence-electron chi connectivity index (χ3n) is 4.99. The highest BCUT2D eigenvalue weighted by Crippen LogP contribution is 2.26. The second-order valence-electron chi connectivity index (χ2n) is 7.86. The Balaban J connectivity index is 1.44. The molecule has 162 valence electrons. The van der Waals surface area contributed by atoms with E-state index < -0.39 is 6.04 Å². The summed E-state index contributed by atoms with van der Waals surface area (Å²) < 4.78 is 2.12. The van der Waals surface area contributed by atoms with Crippen molar-refractivity contribution in [3.05, 3.63) is 60.4 Å². The third kappa shape index (κ3) is 4.98. The summed E-state index contributed by atoms with van der Waals surface area (Å²) in [7, 11) is 0. The van der Waals surface area contributed by atoms with Crippen LogP contribution in [-0.2, 0) is 4.79 Å². The smallest absolute Gasteiger partial charge is 0.241 e. The van der Waals surface area contributed by atoms with Crippen molar-refractivity contribution in [3.63, 3.8) is 0 Å². The van der Waals surface area contributed by atoms with Gasteiger partial charge in [0, 0.05) is 22.3 Å². The molecule has 10 heteroatoms. The Morgan fingerprint density at radius 2 is 2.10 bits per heavy atom. The number of hydrogen-bond donors (Lipinski definition) is 5. The molecule has 1 aromatic heterocycles. The molecule has 2 aliphatic heterocycles. The standard InChI is InChI=1S/C21H26N8OS/c1-13(2)20(22)21(30)24-15-4-6-16(7-5-15)31-28-11-18-23-8-9-29(18)19(12-28)25-17-10-14(3)26-27-17/h4-10,12-13,20H,11,22H2,1-3H3,(H,24,30)(H2,25,26,27)/p+1/t20-/m1/s1. The van der Waals surface area contributed by atoms with Crippen LogP contribution in [0.25, 0.3) is 0 Å². The largest absolute Gasteiger partial charge is 0.325 e. The molecule has 9 nitrogen and oxygen atoms in total. The van der Waals surface area contributed by atoms with Gasteiger partial charge in [0.15, 0.2) is 5.82 Å². The van der Waals surface area contributed by atoms with E-state index in [4.69, 9.17) is 5.73 Å². The van der Waals surface area contributed by atoms with Crippen LogP contribution in [0.2, 0.25) is 0 Å². The Labute approximate surface area is 185 Å². The lowest BCUT2D eigenvalue weighted by Crippen LogP contribution is -3.10. The number of amidine groups is 1. The number of hydrogen-bond acceptors (Lipinski definition) is 7. The molecule has 0 radical (unpaired) electrons. The van der Waals surface area contributed by atoms with Crippen LogP contribution < -0.4 is 21.3 Å². The van der Waals surface area contributed by atoms with Crippen molar-refractivity contribution < 1.29 is 9.69 Å². The maximum atomic E-state index is 12.2. The van der Waals surface area contributed by atoms with E-state index in [0.29, 0.717) is 6.54 Å². The van der Waals surface area contributed by atoms with E-state index in [2.05, 4.69) is 36.3 Å². The first-order valence-corrected chi connectivity index (χ1v) is 10.9. The van der Waals surface area contributed by atoms with Gasteiger partial charge in [0.1, 0.15) is 12.7 Å². The van der Waals surface area contributed by atoms with Gasteiger partial charge in [-0.05, 0) is 49.1 Å². The molecule has 1 amide bonds. The van der Waals surface area contributed by atoms with Gasteiger partial charge >= 0.3 is 0 Å². The van der Waals surface area contributed by atoms with E-state index in [1.807, 2.05) is 63.5 Å². The summed E-state index contributed by atoms with van der Waals surface area (Å²) in [5, 5.41) is 13.5. The van der Waals surface area contributed by atoms with Crippen LogP contribution in [0.4, 0.5) is 11.5 Å². The van der Waals surface area contributed by atoms with E-state index in [1.165, 1.54) is 0 Å². The first kappa shape index (κ1) is 21.2. The van der Waals surface area contributed by atoms with E-state index in [9.17, 15) is 4.79 Å². The molecule has 1 unspecified atom stereocenters. The lowest BCUT2D eigenvalue weighted by Gasteiger charge is -2.27. The van der Waals surface area contributed by atoms with Crippen LogP contribution in [-0.4, -0.2) is 38.8 Å². The number of H-pyrrole nitrogens is 1. The number of nitrogens with zero attached hydrogens (tertiary/aromatic N) is 3. The van der Waals surface area contributed by atoms with Gasteiger partial charge in [0.25, 0.3) is 0 Å². The van der Waals surface area contributed by atoms with Crippen molar-refractivity contribution in [1.29, 1.82) is 0 Å². The molecule has 31 heavy (non-hydrogen) atoms. The summed E-state index contributed by atoms with van der Waals surface area (Å²) in [6.45, 7) is 6.52. The fourth-order valence-corrected chi connectivity index (χ4v) is 4.06. The molecule has 2 atom stereocenters. The van der Waals surface area contributed by atoms with Crippen molar-refractivity contribution in [1.82, 2.24) is 14.5 Å². The number of aromatic amines is 1. The van der Waals surface area contributed by atoms with Crippen LogP contribution in [0.15, 0.2) is 64.6 Å². The average molecular weight is 440 g/mol. The molecule has 0 aliphatic carbocycles. The number of anilines is 2. The molecule has 2 aromatic rings. The number of aromatic nitrogens is 2. The van der Waals surface area contributed by atoms with Crippen molar-refractivity contribution >= 4 is 35.2 Å². The monoisotopic (exact) mass is 439 g/mol. The molecule has 0 bridgehead atoms. The Hall–Kier alpha value is -3.08. The predicted octanol–water partition coefficient (Wildman–Crippen LogP) is 1.64. The fraction of sp³-hybridized carbons (Fsp3) is 0.286. The van der Waals surface area contributed by atoms with Gasteiger partial charge in [0.2, 0.25) is 17.6 Å². The van der Waals surface area contributed by atoms with Crippen molar-refractivity contribution in [3.8, 4) is 0 Å². The van der Waals surface area contributed by atoms with Gasteiger partial charge in [-0.1, -0.05) is 13.8 Å². The summed E-state index contributed by atoms with van der Waals surface area (Å²) in [4.78, 5) is 18.8. The normalized spacial score (nSPS) is 18.5. The Morgan fingerprint density at radius 1 is 1.32 bits per heavy atom. The van der Waals surface area contributed by atoms with Crippen LogP contribution in [0.1, 0.15) is 19.5 Å². The molecule has 1 aromatic carbocycles. The van der Waals surface area contributed by atoms with Crippen molar-refractivity contribution in [2.24, 2.45) is 16.6 Å². The van der Waals surface area contributed by atoms with Gasteiger partial charge in [-0.2, -0.15) is 5.10 Å². The number of carbonyl (C=O) groups is 1. The van der Waals surface area contributed by atoms with Crippen LogP contribution in [0.3, 0.4) is 0 Å². The average Bonchev–Trinajstić information content (AvgIpc) is 3.37. The molecule has 0 saturated carbocycles. The topological polar surface area (TPSA) is 116 Å². The first-order valence-electron chi connectivity index (χ1n) is 10.1. The molecular formula is C21H27N8OS+. The van der Waals surface area contributed by atoms with Gasteiger partial charge in [0.05, 0.1) is 18.4 Å². The number of carbonyl (C=O) groups excluding carboxylic acids is 1. The van der Waals surface area contributed by atoms with Crippen LogP contribution in [0, 0.1) is 12.8 Å². The van der Waals surface area contributed by atoms with Gasteiger partial charge < -0.3 is 11.1 Å². The number of fused-ring (bicyclic) bond motifs is 1. The van der Waals surface area contributed by atoms with E-state index in [-0.39, 0.29) is 11.8 Å². The SMILES string of the molecule is Cc1cc(NC2=CN(Sc3ccc(NC(=O)[C@H](N)C(C)C)cc3)CC3=NC=C[NH+]23)n[nH]1. The number of nitrogens with one attached hydrogen (secondary N) is 4. The molecule has 3 heterocycles. The summed E-state index contributed by atoms with van der Waals surface area (Å²) in [5.74, 6) is 2.64. The minimum absolute atomic E-state index is 0.0867. The van der Waals surface area contributed by atoms with Crippen molar-refractivity contribution in [2.75, 3.05) is 17.2 Å². The van der Waals surface area contributed by atoms with Gasteiger partial charge in [-0.3, -0.25) is 19.5 Å². The Morgan fingerprint density at radius 3 is 2.77 bits per heavy atom. The molecule has 0 spiro atoms. The third-order valence-corrected chi connectivity index (χ3v) is 5.94. The zero-order chi connectivity index (χ0) is 22.0. The predicted molar refractivity (Wildman–Crippen MR) is 123 cm³/mol. The summed E-state index contributed by atoms with van der Waals surface area (Å²) in [6.07, 6.45) is 5.90. The van der Waals surface area contributed by atoms with E-state index in [1.54, 1.807) is 11.9 Å². The number of nitrogens with two attached hydrogens (primary N) is 1. The van der Waals surface area contributed by atoms with Crippen LogP contribution >= 0.6 is 11.9 Å². The number of amides is 1. The zero-order valence-corrected chi connectivity index (χ0v) is 18.5. The van der Waals surface area contributed by atoms with Gasteiger partial charge in [-0.15, -0.1) is 0 Å². The van der Waals surface area contributed by atoms with Gasteiger partial charge in [-0.25, -0.2) is 9.89 Å². The molecule has 6 N–H and O–H groups in total. The minimum Gasteiger partial charge on any atom is -0.325 e. The molecule has 4 rings (SSSR count). The number of quaternary nitrogens is 1. The van der Waals surface area contributed by atoms with Crippen molar-refractivity contribution in [2.45, 2.75) is 31.7 Å². The highest BCUT2D eigenvalue weighted by atomic mass is 32.2. The molecule has 0 fully saturated rings. The maximum absolute atomic E-state index is 12.2. The quantitative estimate of drug-likeness (QED) is 0.419. The zero-order valence-electron chi connectivity index (χ0n) is 17.7. The number of aryl methyl sites for hydroxylation is 1. The van der Waals surface area contributed by atoms with E-state index >= 15 is 0 Å². The molecule has 2 aliphatic rings.